The van der Waals surface area contributed by atoms with Crippen molar-refractivity contribution in [2.75, 3.05) is 6.54 Å². The minimum Gasteiger partial charge on any atom is -0.352 e. The highest BCUT2D eigenvalue weighted by molar-refractivity contribution is 5.82. The minimum absolute atomic E-state index is 0.271. The van der Waals surface area contributed by atoms with Crippen LogP contribution in [0.3, 0.4) is 0 Å². The van der Waals surface area contributed by atoms with Crippen LogP contribution in [0.5, 0.6) is 0 Å². The zero-order chi connectivity index (χ0) is 13.9. The average molecular weight is 272 g/mol. The van der Waals surface area contributed by atoms with Crippen LogP contribution in [0.1, 0.15) is 36.8 Å². The van der Waals surface area contributed by atoms with E-state index in [4.69, 9.17) is 5.73 Å². The number of carbonyl (C=O) groups is 1. The quantitative estimate of drug-likeness (QED) is 0.863. The first-order valence-electron chi connectivity index (χ1n) is 7.85. The Kier molecular flexibility index (Phi) is 4.06. The summed E-state index contributed by atoms with van der Waals surface area (Å²) in [6.07, 6.45) is 6.06. The number of amides is 1. The smallest absolute Gasteiger partial charge is 0.223 e. The molecule has 0 aliphatic heterocycles. The Morgan fingerprint density at radius 2 is 1.70 bits per heavy atom. The van der Waals surface area contributed by atoms with Crippen LogP contribution in [0.25, 0.3) is 0 Å². The van der Waals surface area contributed by atoms with E-state index in [-0.39, 0.29) is 5.91 Å². The summed E-state index contributed by atoms with van der Waals surface area (Å²) in [4.78, 5) is 12.2. The van der Waals surface area contributed by atoms with E-state index in [0.717, 1.165) is 6.42 Å². The molecular weight excluding hydrogens is 248 g/mol. The van der Waals surface area contributed by atoms with Crippen LogP contribution >= 0.6 is 0 Å². The molecule has 1 aromatic carbocycles. The van der Waals surface area contributed by atoms with Gasteiger partial charge in [0, 0.05) is 12.5 Å². The number of hydrogen-bond acceptors (Lipinski definition) is 2. The molecule has 3 rings (SSSR count). The first kappa shape index (κ1) is 13.6. The second kappa shape index (κ2) is 5.96. The van der Waals surface area contributed by atoms with Crippen LogP contribution in [0, 0.1) is 17.8 Å². The Bertz CT molecular complexity index is 456. The molecule has 2 aliphatic rings. The first-order valence-corrected chi connectivity index (χ1v) is 7.85. The van der Waals surface area contributed by atoms with Crippen molar-refractivity contribution in [3.8, 4) is 0 Å². The minimum atomic E-state index is 0.271. The van der Waals surface area contributed by atoms with Crippen molar-refractivity contribution < 1.29 is 4.79 Å². The Morgan fingerprint density at radius 3 is 2.30 bits per heavy atom. The van der Waals surface area contributed by atoms with E-state index in [1.165, 1.54) is 36.8 Å². The number of benzene rings is 1. The molecule has 2 atom stereocenters. The summed E-state index contributed by atoms with van der Waals surface area (Å²) in [5, 5.41) is 3.11. The van der Waals surface area contributed by atoms with Gasteiger partial charge in [-0.2, -0.15) is 0 Å². The Labute approximate surface area is 120 Å². The molecule has 3 heteroatoms. The summed E-state index contributed by atoms with van der Waals surface area (Å²) in [7, 11) is 0. The Balaban J connectivity index is 1.48. The summed E-state index contributed by atoms with van der Waals surface area (Å²) in [6.45, 7) is 1.33. The first-order chi connectivity index (χ1) is 9.79. The van der Waals surface area contributed by atoms with Gasteiger partial charge in [-0.25, -0.2) is 0 Å². The van der Waals surface area contributed by atoms with Crippen molar-refractivity contribution in [1.82, 2.24) is 5.32 Å². The molecule has 0 spiro atoms. The molecule has 1 aromatic rings. The molecule has 0 heterocycles. The lowest BCUT2D eigenvalue weighted by atomic mass is 10.0. The molecule has 3 nitrogen and oxygen atoms in total. The van der Waals surface area contributed by atoms with E-state index < -0.39 is 0 Å². The number of nitrogens with one attached hydrogen (secondary N) is 1. The maximum Gasteiger partial charge on any atom is 0.223 e. The van der Waals surface area contributed by atoms with Gasteiger partial charge in [0.1, 0.15) is 0 Å². The lowest BCUT2D eigenvalue weighted by molar-refractivity contribution is -0.123. The lowest BCUT2D eigenvalue weighted by Gasteiger charge is -2.06. The molecule has 0 bridgehead atoms. The van der Waals surface area contributed by atoms with Crippen molar-refractivity contribution >= 4 is 5.91 Å². The van der Waals surface area contributed by atoms with Crippen LogP contribution in [0.15, 0.2) is 24.3 Å². The largest absolute Gasteiger partial charge is 0.352 e. The van der Waals surface area contributed by atoms with Gasteiger partial charge in [-0.1, -0.05) is 37.1 Å². The molecule has 20 heavy (non-hydrogen) atoms. The molecule has 2 unspecified atom stereocenters. The Morgan fingerprint density at radius 1 is 1.10 bits per heavy atom. The molecule has 2 aliphatic carbocycles. The summed E-state index contributed by atoms with van der Waals surface area (Å²) in [6, 6.07) is 8.38. The fraction of sp³-hybridized carbons (Fsp3) is 0.588. The topological polar surface area (TPSA) is 55.1 Å². The molecule has 0 saturated heterocycles. The van der Waals surface area contributed by atoms with E-state index >= 15 is 0 Å². The van der Waals surface area contributed by atoms with Gasteiger partial charge in [-0.15, -0.1) is 0 Å². The van der Waals surface area contributed by atoms with Gasteiger partial charge < -0.3 is 11.1 Å². The maximum atomic E-state index is 12.2. The monoisotopic (exact) mass is 272 g/mol. The van der Waals surface area contributed by atoms with E-state index in [1.54, 1.807) is 0 Å². The maximum absolute atomic E-state index is 12.2. The van der Waals surface area contributed by atoms with Crippen molar-refractivity contribution in [2.24, 2.45) is 23.5 Å². The van der Waals surface area contributed by atoms with Gasteiger partial charge in [-0.3, -0.25) is 4.79 Å². The van der Waals surface area contributed by atoms with Gasteiger partial charge in [0.05, 0.1) is 0 Å². The number of carbonyl (C=O) groups excluding carboxylic acids is 1. The third-order valence-corrected chi connectivity index (χ3v) is 4.88. The van der Waals surface area contributed by atoms with Crippen molar-refractivity contribution in [3.63, 3.8) is 0 Å². The van der Waals surface area contributed by atoms with E-state index in [9.17, 15) is 4.79 Å². The van der Waals surface area contributed by atoms with Crippen molar-refractivity contribution in [3.05, 3.63) is 35.4 Å². The van der Waals surface area contributed by atoms with Crippen LogP contribution in [-0.2, 0) is 17.8 Å². The summed E-state index contributed by atoms with van der Waals surface area (Å²) in [5.41, 5.74) is 7.97. The zero-order valence-electron chi connectivity index (χ0n) is 12.0. The molecule has 3 N–H and O–H groups in total. The number of hydrogen-bond donors (Lipinski definition) is 2. The SMILES string of the molecule is NCCc1ccc(CNC(=O)C2C3CCCCC32)cc1. The fourth-order valence-corrected chi connectivity index (χ4v) is 3.68. The van der Waals surface area contributed by atoms with E-state index in [1.807, 2.05) is 0 Å². The lowest BCUT2D eigenvalue weighted by Crippen LogP contribution is -2.25. The predicted octanol–water partition coefficient (Wildman–Crippen LogP) is 2.24. The van der Waals surface area contributed by atoms with Gasteiger partial charge in [0.2, 0.25) is 5.91 Å². The van der Waals surface area contributed by atoms with Crippen molar-refractivity contribution in [2.45, 2.75) is 38.6 Å². The third kappa shape index (κ3) is 2.88. The third-order valence-electron chi connectivity index (χ3n) is 4.88. The zero-order valence-corrected chi connectivity index (χ0v) is 12.0. The highest BCUT2D eigenvalue weighted by atomic mass is 16.2. The van der Waals surface area contributed by atoms with Crippen LogP contribution in [-0.4, -0.2) is 12.5 Å². The highest BCUT2D eigenvalue weighted by Gasteiger charge is 2.54. The van der Waals surface area contributed by atoms with Crippen LogP contribution in [0.4, 0.5) is 0 Å². The standard InChI is InChI=1S/C17H24N2O/c18-10-9-12-5-7-13(8-6-12)11-19-17(20)16-14-3-1-2-4-15(14)16/h5-8,14-16H,1-4,9-11,18H2,(H,19,20). The number of fused-ring (bicyclic) bond motifs is 1. The van der Waals surface area contributed by atoms with E-state index in [0.29, 0.717) is 30.8 Å². The second-order valence-corrected chi connectivity index (χ2v) is 6.21. The summed E-state index contributed by atoms with van der Waals surface area (Å²) in [5.74, 6) is 1.97. The van der Waals surface area contributed by atoms with Gasteiger partial charge in [0.25, 0.3) is 0 Å². The van der Waals surface area contributed by atoms with Crippen LogP contribution in [0.2, 0.25) is 0 Å². The van der Waals surface area contributed by atoms with Gasteiger partial charge in [0.15, 0.2) is 0 Å². The highest BCUT2D eigenvalue weighted by Crippen LogP contribution is 2.55. The number of nitrogens with two attached hydrogens (primary N) is 1. The molecule has 1 amide bonds. The molecule has 2 fully saturated rings. The second-order valence-electron chi connectivity index (χ2n) is 6.21. The van der Waals surface area contributed by atoms with Gasteiger partial charge >= 0.3 is 0 Å². The van der Waals surface area contributed by atoms with Gasteiger partial charge in [-0.05, 0) is 48.8 Å². The number of rotatable bonds is 5. The predicted molar refractivity (Wildman–Crippen MR) is 80.0 cm³/mol. The molecule has 0 aromatic heterocycles. The summed E-state index contributed by atoms with van der Waals surface area (Å²) < 4.78 is 0. The Hall–Kier alpha value is -1.35. The summed E-state index contributed by atoms with van der Waals surface area (Å²) >= 11 is 0. The molecule has 108 valence electrons. The molecule has 2 saturated carbocycles. The normalized spacial score (nSPS) is 27.8. The molecule has 0 radical (unpaired) electrons. The fourth-order valence-electron chi connectivity index (χ4n) is 3.68. The van der Waals surface area contributed by atoms with Crippen LogP contribution < -0.4 is 11.1 Å². The van der Waals surface area contributed by atoms with E-state index in [2.05, 4.69) is 29.6 Å². The average Bonchev–Trinajstić information content (AvgIpc) is 3.21. The van der Waals surface area contributed by atoms with Crippen molar-refractivity contribution in [1.29, 1.82) is 0 Å². The molecular formula is C17H24N2O.